The number of hydrogen-bond donors (Lipinski definition) is 3. The van der Waals surface area contributed by atoms with E-state index in [0.717, 1.165) is 92.5 Å². The van der Waals surface area contributed by atoms with Crippen molar-refractivity contribution in [3.63, 3.8) is 0 Å². The highest BCUT2D eigenvalue weighted by Gasteiger charge is 2.36. The van der Waals surface area contributed by atoms with Gasteiger partial charge in [-0.1, -0.05) is 6.07 Å². The van der Waals surface area contributed by atoms with Crippen LogP contribution in [0.25, 0.3) is 21.9 Å². The number of piperidine rings is 2. The van der Waals surface area contributed by atoms with Crippen molar-refractivity contribution in [3.8, 4) is 5.75 Å². The molecule has 2 unspecified atom stereocenters. The van der Waals surface area contributed by atoms with Gasteiger partial charge in [0.25, 0.3) is 5.91 Å². The average molecular weight is 805 g/mol. The second kappa shape index (κ2) is 15.7. The first-order chi connectivity index (χ1) is 27.8. The van der Waals surface area contributed by atoms with Crippen molar-refractivity contribution in [2.24, 2.45) is 13.0 Å². The molecule has 8 rings (SSSR count). The summed E-state index contributed by atoms with van der Waals surface area (Å²) in [4.78, 5) is 50.6. The third kappa shape index (κ3) is 7.62. The van der Waals surface area contributed by atoms with Gasteiger partial charge >= 0.3 is 11.9 Å². The van der Waals surface area contributed by atoms with Gasteiger partial charge in [0.15, 0.2) is 0 Å². The van der Waals surface area contributed by atoms with Gasteiger partial charge < -0.3 is 30.3 Å². The molecule has 0 radical (unpaired) electrons. The van der Waals surface area contributed by atoms with Crippen LogP contribution in [0.1, 0.15) is 79.8 Å². The van der Waals surface area contributed by atoms with Gasteiger partial charge in [-0.15, -0.1) is 0 Å². The van der Waals surface area contributed by atoms with Crippen LogP contribution in [-0.4, -0.2) is 96.8 Å². The Morgan fingerprint density at radius 2 is 1.81 bits per heavy atom. The Labute approximate surface area is 331 Å². The van der Waals surface area contributed by atoms with Crippen LogP contribution in [0.15, 0.2) is 53.6 Å². The number of hydrogen-bond acceptors (Lipinski definition) is 10. The summed E-state index contributed by atoms with van der Waals surface area (Å²) in [6.45, 7) is 2.69. The van der Waals surface area contributed by atoms with E-state index in [0.29, 0.717) is 41.8 Å². The van der Waals surface area contributed by atoms with E-state index in [9.17, 15) is 32.7 Å². The van der Waals surface area contributed by atoms with Crippen molar-refractivity contribution in [1.82, 2.24) is 39.1 Å². The number of amides is 2. The topological polar surface area (TPSA) is 165 Å². The number of nitrogens with zero attached hydrogens (tertiary/aromatic N) is 8. The van der Waals surface area contributed by atoms with Crippen LogP contribution in [0.4, 0.5) is 24.5 Å². The maximum absolute atomic E-state index is 13.5. The van der Waals surface area contributed by atoms with Crippen LogP contribution in [0, 0.1) is 5.92 Å². The molecule has 1 saturated carbocycles. The summed E-state index contributed by atoms with van der Waals surface area (Å²) in [5, 5.41) is 20.7. The fraction of sp³-hybridized carbons (Fsp3) is 0.500. The lowest BCUT2D eigenvalue weighted by Crippen LogP contribution is -2.46. The molecular formula is C40H47F3N10O5. The number of carbonyl (C=O) groups is 2. The first-order valence-electron chi connectivity index (χ1n) is 19.7. The van der Waals surface area contributed by atoms with Crippen molar-refractivity contribution in [3.05, 3.63) is 70.8 Å². The number of nitrogens with one attached hydrogen (secondary N) is 2. The number of methoxy groups -OCH3 is 1. The summed E-state index contributed by atoms with van der Waals surface area (Å²) in [6, 6.07) is 10.4. The third-order valence-electron chi connectivity index (χ3n) is 12.1. The maximum Gasteiger partial charge on any atom is 0.451 e. The number of benzene rings is 2. The minimum atomic E-state index is -4.78. The second-order valence-electron chi connectivity index (χ2n) is 15.7. The lowest BCUT2D eigenvalue weighted by molar-refractivity contribution is -0.145. The van der Waals surface area contributed by atoms with Gasteiger partial charge in [-0.2, -0.15) is 18.3 Å². The SMILES string of the molecule is COc1cc2nn([C@H]3CC[C@H](CN(C)C4CCN(c5cccc6c5n(C)c(=O)n6C5CCC(O)NC5=O)CC4)CC3)cc2cc1NC(=O)c1ccnc(C(F)(F)F)n1. The molecule has 5 heterocycles. The molecule has 0 bridgehead atoms. The number of anilines is 2. The number of ether oxygens (including phenoxy) is 1. The highest BCUT2D eigenvalue weighted by Crippen LogP contribution is 2.37. The van der Waals surface area contributed by atoms with Crippen molar-refractivity contribution in [1.29, 1.82) is 0 Å². The van der Waals surface area contributed by atoms with Crippen LogP contribution in [0.2, 0.25) is 0 Å². The molecule has 3 fully saturated rings. The van der Waals surface area contributed by atoms with Crippen molar-refractivity contribution >= 4 is 45.1 Å². The lowest BCUT2D eigenvalue weighted by Gasteiger charge is -2.40. The van der Waals surface area contributed by atoms with Crippen molar-refractivity contribution < 1.29 is 32.6 Å². The Kier molecular flexibility index (Phi) is 10.6. The van der Waals surface area contributed by atoms with Crippen LogP contribution in [0.3, 0.4) is 0 Å². The van der Waals surface area contributed by atoms with Gasteiger partial charge in [0.2, 0.25) is 11.7 Å². The fourth-order valence-electron chi connectivity index (χ4n) is 9.03. The number of aromatic nitrogens is 6. The molecule has 3 aliphatic rings. The third-order valence-corrected chi connectivity index (χ3v) is 12.1. The molecule has 2 aromatic carbocycles. The molecule has 2 saturated heterocycles. The molecule has 15 nitrogen and oxygen atoms in total. The molecule has 3 aromatic heterocycles. The molecule has 0 spiro atoms. The van der Waals surface area contributed by atoms with E-state index >= 15 is 0 Å². The molecular weight excluding hydrogens is 757 g/mol. The summed E-state index contributed by atoms with van der Waals surface area (Å²) in [5.74, 6) is -1.68. The Hall–Kier alpha value is -5.49. The summed E-state index contributed by atoms with van der Waals surface area (Å²) in [7, 11) is 5.42. The predicted molar refractivity (Wildman–Crippen MR) is 210 cm³/mol. The number of imidazole rings is 1. The Morgan fingerprint density at radius 1 is 1.05 bits per heavy atom. The molecule has 308 valence electrons. The minimum Gasteiger partial charge on any atom is -0.494 e. The molecule has 3 N–H and O–H groups in total. The number of aryl methyl sites for hydroxylation is 1. The monoisotopic (exact) mass is 804 g/mol. The number of para-hydroxylation sites is 1. The van der Waals surface area contributed by atoms with E-state index in [1.807, 2.05) is 23.0 Å². The predicted octanol–water partition coefficient (Wildman–Crippen LogP) is 4.86. The van der Waals surface area contributed by atoms with Gasteiger partial charge in [0.1, 0.15) is 23.7 Å². The average Bonchev–Trinajstić information content (AvgIpc) is 3.74. The van der Waals surface area contributed by atoms with Crippen LogP contribution in [-0.2, 0) is 18.0 Å². The number of rotatable bonds is 9. The van der Waals surface area contributed by atoms with Crippen LogP contribution >= 0.6 is 0 Å². The molecule has 1 aliphatic carbocycles. The van der Waals surface area contributed by atoms with Crippen LogP contribution in [0.5, 0.6) is 5.75 Å². The second-order valence-corrected chi connectivity index (χ2v) is 15.7. The maximum atomic E-state index is 13.5. The standard InChI is InChI=1S/C40H47F3N10O5/c1-49(25-14-17-51(18-15-25)30-5-4-6-31-35(30)50(2)39(57)53(31)32-11-12-34(54)47-37(32)56)21-23-7-9-26(10-8-23)52-22-24-19-29(33(58-3)20-28(24)48-52)45-36(55)27-13-16-44-38(46-27)40(41,42)43/h4-6,13,16,19-20,22-23,25-26,32,34,54H,7-12,14-15,17-18,21H2,1-3H3,(H,45,55)(H,47,56)/t23-,26-,32?,34?. The van der Waals surface area contributed by atoms with Crippen molar-refractivity contribution in [2.75, 3.05) is 44.0 Å². The zero-order valence-corrected chi connectivity index (χ0v) is 32.6. The minimum absolute atomic E-state index is 0.204. The molecule has 5 aromatic rings. The molecule has 2 amide bonds. The first-order valence-corrected chi connectivity index (χ1v) is 19.7. The summed E-state index contributed by atoms with van der Waals surface area (Å²) in [6.07, 6.45) is 3.96. The number of carbonyl (C=O) groups excluding carboxylic acids is 2. The molecule has 58 heavy (non-hydrogen) atoms. The molecule has 2 aliphatic heterocycles. The van der Waals surface area contributed by atoms with Gasteiger partial charge in [-0.25, -0.2) is 14.8 Å². The molecule has 2 atom stereocenters. The number of aliphatic hydroxyl groups is 1. The quantitative estimate of drug-likeness (QED) is 0.188. The smallest absolute Gasteiger partial charge is 0.451 e. The zero-order chi connectivity index (χ0) is 40.9. The molecule has 18 heteroatoms. The van der Waals surface area contributed by atoms with Gasteiger partial charge in [0, 0.05) is 56.6 Å². The number of aliphatic hydroxyl groups excluding tert-OH is 1. The summed E-state index contributed by atoms with van der Waals surface area (Å²) in [5.41, 5.74) is 2.84. The van der Waals surface area contributed by atoms with E-state index in [1.165, 1.54) is 7.11 Å². The summed E-state index contributed by atoms with van der Waals surface area (Å²) < 4.78 is 50.0. The van der Waals surface area contributed by atoms with Crippen LogP contribution < -0.4 is 26.0 Å². The normalized spacial score (nSPS) is 22.1. The number of fused-ring (bicyclic) bond motifs is 2. The van der Waals surface area contributed by atoms with Gasteiger partial charge in [-0.3, -0.25) is 23.4 Å². The van der Waals surface area contributed by atoms with E-state index in [-0.39, 0.29) is 17.6 Å². The van der Waals surface area contributed by atoms with Gasteiger partial charge in [-0.05, 0) is 88.6 Å². The highest BCUT2D eigenvalue weighted by atomic mass is 19.4. The number of alkyl halides is 3. The fourth-order valence-corrected chi connectivity index (χ4v) is 9.03. The van der Waals surface area contributed by atoms with E-state index in [4.69, 9.17) is 9.84 Å². The largest absolute Gasteiger partial charge is 0.494 e. The first kappa shape index (κ1) is 39.3. The van der Waals surface area contributed by atoms with Gasteiger partial charge in [0.05, 0.1) is 41.1 Å². The lowest BCUT2D eigenvalue weighted by atomic mass is 9.85. The van der Waals surface area contributed by atoms with E-state index in [1.54, 1.807) is 28.3 Å². The highest BCUT2D eigenvalue weighted by molar-refractivity contribution is 6.05. The van der Waals surface area contributed by atoms with Crippen molar-refractivity contribution in [2.45, 2.75) is 81.9 Å². The Morgan fingerprint density at radius 3 is 2.52 bits per heavy atom. The summed E-state index contributed by atoms with van der Waals surface area (Å²) >= 11 is 0. The zero-order valence-electron chi connectivity index (χ0n) is 32.6. The number of halogens is 3. The Bertz CT molecular complexity index is 2390. The van der Waals surface area contributed by atoms with E-state index < -0.39 is 35.9 Å². The van der Waals surface area contributed by atoms with E-state index in [2.05, 4.69) is 43.5 Å². The Balaban J connectivity index is 0.865.